The molecule has 0 saturated heterocycles. The van der Waals surface area contributed by atoms with E-state index < -0.39 is 0 Å². The van der Waals surface area contributed by atoms with Gasteiger partial charge in [0.1, 0.15) is 0 Å². The molecular weight excluding hydrogens is 222 g/mol. The molecule has 1 aliphatic rings. The van der Waals surface area contributed by atoms with E-state index in [1.165, 1.54) is 0 Å². The Bertz CT molecular complexity index is 552. The molecule has 1 heterocycles. The molecule has 0 N–H and O–H groups in total. The maximum Gasteiger partial charge on any atom is 0.236 e. The molecule has 0 radical (unpaired) electrons. The lowest BCUT2D eigenvalue weighted by molar-refractivity contribution is -0.116. The number of nitrogens with zero attached hydrogens (tertiary/aromatic N) is 1. The van der Waals surface area contributed by atoms with Crippen molar-refractivity contribution >= 4 is 11.6 Å². The first kappa shape index (κ1) is 12.4. The number of carbonyl (C=O) groups is 1. The molecule has 2 nitrogen and oxygen atoms in total. The Kier molecular flexibility index (Phi) is 3.47. The second kappa shape index (κ2) is 5.05. The second-order valence-electron chi connectivity index (χ2n) is 4.34. The number of carbonyl (C=O) groups excluding carboxylic acids is 1. The van der Waals surface area contributed by atoms with Crippen molar-refractivity contribution in [1.82, 2.24) is 0 Å². The van der Waals surface area contributed by atoms with Crippen molar-refractivity contribution in [3.8, 4) is 0 Å². The molecule has 2 rings (SSSR count). The minimum absolute atomic E-state index is 0.103. The number of benzene rings is 1. The average molecular weight is 239 g/mol. The van der Waals surface area contributed by atoms with E-state index in [0.717, 1.165) is 22.5 Å². The summed E-state index contributed by atoms with van der Waals surface area (Å²) in [6.07, 6.45) is 6.19. The third kappa shape index (κ3) is 2.14. The van der Waals surface area contributed by atoms with Crippen LogP contribution in [0.2, 0.25) is 0 Å². The SMILES string of the molecule is C=C/C(=C\C(C)=C/C)N1C(=O)Cc2ccccc21. The highest BCUT2D eigenvalue weighted by Crippen LogP contribution is 2.32. The molecule has 0 saturated carbocycles. The minimum Gasteiger partial charge on any atom is -0.281 e. The summed E-state index contributed by atoms with van der Waals surface area (Å²) in [7, 11) is 0. The van der Waals surface area contributed by atoms with Gasteiger partial charge in [-0.25, -0.2) is 0 Å². The van der Waals surface area contributed by atoms with E-state index in [0.29, 0.717) is 6.42 Å². The van der Waals surface area contributed by atoms with Gasteiger partial charge >= 0.3 is 0 Å². The summed E-state index contributed by atoms with van der Waals surface area (Å²) in [5.74, 6) is 0.103. The van der Waals surface area contributed by atoms with Crippen molar-refractivity contribution in [2.45, 2.75) is 20.3 Å². The summed E-state index contributed by atoms with van der Waals surface area (Å²) in [6.45, 7) is 7.80. The van der Waals surface area contributed by atoms with Gasteiger partial charge in [-0.1, -0.05) is 36.4 Å². The topological polar surface area (TPSA) is 20.3 Å². The van der Waals surface area contributed by atoms with Crippen molar-refractivity contribution in [3.63, 3.8) is 0 Å². The number of para-hydroxylation sites is 1. The lowest BCUT2D eigenvalue weighted by atomic mass is 10.1. The number of allylic oxidation sites excluding steroid dienone is 4. The van der Waals surface area contributed by atoms with E-state index in [4.69, 9.17) is 0 Å². The predicted octanol–water partition coefficient (Wildman–Crippen LogP) is 3.61. The van der Waals surface area contributed by atoms with Crippen LogP contribution in [0.4, 0.5) is 5.69 Å². The summed E-state index contributed by atoms with van der Waals surface area (Å²) in [4.78, 5) is 13.9. The molecule has 1 aliphatic heterocycles. The zero-order valence-electron chi connectivity index (χ0n) is 10.8. The average Bonchev–Trinajstić information content (AvgIpc) is 2.71. The fraction of sp³-hybridized carbons (Fsp3) is 0.188. The van der Waals surface area contributed by atoms with Gasteiger partial charge in [0.2, 0.25) is 5.91 Å². The molecule has 1 amide bonds. The normalized spacial score (nSPS) is 15.9. The molecule has 92 valence electrons. The van der Waals surface area contributed by atoms with E-state index in [2.05, 4.69) is 6.58 Å². The molecule has 0 bridgehead atoms. The Morgan fingerprint density at radius 3 is 2.78 bits per heavy atom. The van der Waals surface area contributed by atoms with Gasteiger partial charge in [-0.15, -0.1) is 0 Å². The quantitative estimate of drug-likeness (QED) is 0.738. The maximum absolute atomic E-state index is 12.1. The third-order valence-corrected chi connectivity index (χ3v) is 3.12. The van der Waals surface area contributed by atoms with Crippen molar-refractivity contribution in [3.05, 3.63) is 65.9 Å². The van der Waals surface area contributed by atoms with Crippen molar-refractivity contribution in [2.75, 3.05) is 4.90 Å². The fourth-order valence-corrected chi connectivity index (χ4v) is 2.07. The Morgan fingerprint density at radius 1 is 1.39 bits per heavy atom. The van der Waals surface area contributed by atoms with Crippen molar-refractivity contribution in [2.24, 2.45) is 0 Å². The van der Waals surface area contributed by atoms with Crippen molar-refractivity contribution < 1.29 is 4.79 Å². The van der Waals surface area contributed by atoms with Crippen LogP contribution in [0, 0.1) is 0 Å². The van der Waals surface area contributed by atoms with E-state index in [1.54, 1.807) is 11.0 Å². The summed E-state index contributed by atoms with van der Waals surface area (Å²) in [5.41, 5.74) is 3.99. The highest BCUT2D eigenvalue weighted by Gasteiger charge is 2.28. The van der Waals surface area contributed by atoms with Gasteiger partial charge < -0.3 is 0 Å². The Hall–Kier alpha value is -2.09. The van der Waals surface area contributed by atoms with Crippen LogP contribution in [0.5, 0.6) is 0 Å². The molecule has 0 spiro atoms. The van der Waals surface area contributed by atoms with Crippen LogP contribution in [0.15, 0.2) is 60.3 Å². The zero-order valence-corrected chi connectivity index (χ0v) is 10.8. The fourth-order valence-electron chi connectivity index (χ4n) is 2.07. The largest absolute Gasteiger partial charge is 0.281 e. The second-order valence-corrected chi connectivity index (χ2v) is 4.34. The van der Waals surface area contributed by atoms with Crippen LogP contribution in [-0.4, -0.2) is 5.91 Å². The maximum atomic E-state index is 12.1. The number of anilines is 1. The third-order valence-electron chi connectivity index (χ3n) is 3.12. The molecule has 18 heavy (non-hydrogen) atoms. The van der Waals surface area contributed by atoms with Gasteiger partial charge in [-0.05, 0) is 37.6 Å². The lowest BCUT2D eigenvalue weighted by Crippen LogP contribution is -2.25. The molecule has 0 unspecified atom stereocenters. The highest BCUT2D eigenvalue weighted by molar-refractivity contribution is 6.04. The first-order valence-corrected chi connectivity index (χ1v) is 6.05. The standard InChI is InChI=1S/C16H17NO/c1-4-12(3)10-14(5-2)17-15-9-7-6-8-13(15)11-16(17)18/h4-10H,2,11H2,1,3H3/b12-4-,14-10+. The first-order valence-electron chi connectivity index (χ1n) is 6.05. The van der Waals surface area contributed by atoms with E-state index in [9.17, 15) is 4.79 Å². The number of amides is 1. The number of hydrogen-bond donors (Lipinski definition) is 0. The summed E-state index contributed by atoms with van der Waals surface area (Å²) < 4.78 is 0. The smallest absolute Gasteiger partial charge is 0.236 e. The van der Waals surface area contributed by atoms with Crippen LogP contribution in [0.3, 0.4) is 0 Å². The molecule has 0 atom stereocenters. The van der Waals surface area contributed by atoms with E-state index in [1.807, 2.05) is 50.3 Å². The van der Waals surface area contributed by atoms with Gasteiger partial charge in [-0.3, -0.25) is 9.69 Å². The lowest BCUT2D eigenvalue weighted by Gasteiger charge is -2.18. The Labute approximate surface area is 108 Å². The monoisotopic (exact) mass is 239 g/mol. The van der Waals surface area contributed by atoms with E-state index in [-0.39, 0.29) is 5.91 Å². The molecule has 0 aliphatic carbocycles. The first-order chi connectivity index (χ1) is 8.67. The number of fused-ring (bicyclic) bond motifs is 1. The Balaban J connectivity index is 2.47. The summed E-state index contributed by atoms with van der Waals surface area (Å²) in [6, 6.07) is 7.89. The molecule has 2 heteroatoms. The zero-order chi connectivity index (χ0) is 13.1. The van der Waals surface area contributed by atoms with Crippen LogP contribution < -0.4 is 4.90 Å². The molecule has 1 aromatic rings. The highest BCUT2D eigenvalue weighted by atomic mass is 16.2. The van der Waals surface area contributed by atoms with Gasteiger partial charge in [0, 0.05) is 5.70 Å². The minimum atomic E-state index is 0.103. The molecular formula is C16H17NO. The van der Waals surface area contributed by atoms with Gasteiger partial charge in [0.05, 0.1) is 12.1 Å². The van der Waals surface area contributed by atoms with Gasteiger partial charge in [0.15, 0.2) is 0 Å². The van der Waals surface area contributed by atoms with E-state index >= 15 is 0 Å². The van der Waals surface area contributed by atoms with Crippen molar-refractivity contribution in [1.29, 1.82) is 0 Å². The summed E-state index contributed by atoms with van der Waals surface area (Å²) in [5, 5.41) is 0. The molecule has 0 aromatic heterocycles. The van der Waals surface area contributed by atoms with Crippen LogP contribution in [0.1, 0.15) is 19.4 Å². The predicted molar refractivity (Wildman–Crippen MR) is 75.3 cm³/mol. The van der Waals surface area contributed by atoms with Gasteiger partial charge in [-0.2, -0.15) is 0 Å². The van der Waals surface area contributed by atoms with Gasteiger partial charge in [0.25, 0.3) is 0 Å². The van der Waals surface area contributed by atoms with Crippen LogP contribution in [-0.2, 0) is 11.2 Å². The van der Waals surface area contributed by atoms with Crippen LogP contribution >= 0.6 is 0 Å². The number of hydrogen-bond acceptors (Lipinski definition) is 1. The Morgan fingerprint density at radius 2 is 2.11 bits per heavy atom. The number of rotatable bonds is 3. The molecule has 0 fully saturated rings. The van der Waals surface area contributed by atoms with Crippen LogP contribution in [0.25, 0.3) is 0 Å². The molecule has 1 aromatic carbocycles. The summed E-state index contributed by atoms with van der Waals surface area (Å²) >= 11 is 0.